The molecule has 0 aromatic heterocycles. The molecule has 31 heavy (non-hydrogen) atoms. The highest BCUT2D eigenvalue weighted by Gasteiger charge is 2.59. The predicted octanol–water partition coefficient (Wildman–Crippen LogP) is 3.34. The summed E-state index contributed by atoms with van der Waals surface area (Å²) in [5, 5.41) is 10.7. The van der Waals surface area contributed by atoms with Crippen LogP contribution in [0.4, 0.5) is 0 Å². The molecule has 0 saturated carbocycles. The molecule has 1 fully saturated rings. The van der Waals surface area contributed by atoms with Gasteiger partial charge in [-0.05, 0) is 22.9 Å². The lowest BCUT2D eigenvalue weighted by molar-refractivity contribution is -0.202. The molecule has 1 aliphatic rings. The van der Waals surface area contributed by atoms with E-state index in [-0.39, 0.29) is 0 Å². The Hall–Kier alpha value is -2.70. The van der Waals surface area contributed by atoms with Crippen molar-refractivity contribution in [1.29, 1.82) is 5.26 Å². The Bertz CT molecular complexity index is 1080. The first-order chi connectivity index (χ1) is 14.7. The summed E-state index contributed by atoms with van der Waals surface area (Å²) >= 11 is 6.03. The molecule has 0 spiro atoms. The number of thioether (sulfide) groups is 1. The van der Waals surface area contributed by atoms with E-state index in [9.17, 15) is 19.6 Å². The van der Waals surface area contributed by atoms with Gasteiger partial charge in [0.2, 0.25) is 0 Å². The van der Waals surface area contributed by atoms with Gasteiger partial charge in [0.05, 0.1) is 16.2 Å². The van der Waals surface area contributed by atoms with Crippen LogP contribution in [0.25, 0.3) is 10.8 Å². The molecule has 0 unspecified atom stereocenters. The number of carbonyl (C=O) groups is 3. The van der Waals surface area contributed by atoms with E-state index in [0.717, 1.165) is 5.39 Å². The first-order valence-corrected chi connectivity index (χ1v) is 11.0. The van der Waals surface area contributed by atoms with Gasteiger partial charge in [-0.3, -0.25) is 14.4 Å². The zero-order chi connectivity index (χ0) is 22.8. The van der Waals surface area contributed by atoms with Gasteiger partial charge in [0.25, 0.3) is 0 Å². The Labute approximate surface area is 189 Å². The van der Waals surface area contributed by atoms with Crippen LogP contribution in [-0.2, 0) is 34.2 Å². The average Bonchev–Trinajstić information content (AvgIpc) is 2.71. The lowest BCUT2D eigenvalue weighted by atomic mass is 9.82. The molecule has 0 bridgehead atoms. The van der Waals surface area contributed by atoms with E-state index in [1.54, 1.807) is 30.3 Å². The number of rotatable bonds is 4. The highest BCUT2D eigenvalue weighted by molar-refractivity contribution is 8.10. The molecule has 0 aliphatic carbocycles. The predicted molar refractivity (Wildman–Crippen MR) is 118 cm³/mol. The van der Waals surface area contributed by atoms with E-state index in [0.29, 0.717) is 22.3 Å². The van der Waals surface area contributed by atoms with Gasteiger partial charge >= 0.3 is 17.9 Å². The Morgan fingerprint density at radius 3 is 2.42 bits per heavy atom. The van der Waals surface area contributed by atoms with E-state index >= 15 is 0 Å². The quantitative estimate of drug-likeness (QED) is 0.422. The van der Waals surface area contributed by atoms with Crippen LogP contribution >= 0.6 is 24.4 Å². The molecule has 9 heteroatoms. The largest absolute Gasteiger partial charge is 0.458 e. The molecule has 7 nitrogen and oxygen atoms in total. The summed E-state index contributed by atoms with van der Waals surface area (Å²) in [5.74, 6) is -1.46. The maximum atomic E-state index is 12.3. The monoisotopic (exact) mass is 459 g/mol. The summed E-state index contributed by atoms with van der Waals surface area (Å²) in [4.78, 5) is 36.1. The van der Waals surface area contributed by atoms with E-state index in [1.165, 1.54) is 32.5 Å². The maximum absolute atomic E-state index is 12.3. The Balaban J connectivity index is 2.31. The SMILES string of the molecule is CC(=O)O[C@@H]1CS[C@@H](S)[C@@](OC(C)=O)(c2cccc3cc(C#N)ccc23)[C@H]1OC(C)=O. The molecule has 0 N–H and O–H groups in total. The number of nitriles is 1. The maximum Gasteiger partial charge on any atom is 0.303 e. The topological polar surface area (TPSA) is 103 Å². The van der Waals surface area contributed by atoms with Crippen molar-refractivity contribution in [3.8, 4) is 6.07 Å². The lowest BCUT2D eigenvalue weighted by Gasteiger charge is -2.48. The van der Waals surface area contributed by atoms with Gasteiger partial charge in [0.15, 0.2) is 17.8 Å². The van der Waals surface area contributed by atoms with Crippen molar-refractivity contribution in [1.82, 2.24) is 0 Å². The smallest absolute Gasteiger partial charge is 0.303 e. The number of carbonyl (C=O) groups excluding carboxylic acids is 3. The van der Waals surface area contributed by atoms with Crippen LogP contribution in [0.3, 0.4) is 0 Å². The van der Waals surface area contributed by atoms with E-state index < -0.39 is 40.3 Å². The summed E-state index contributed by atoms with van der Waals surface area (Å²) in [6.45, 7) is 3.75. The van der Waals surface area contributed by atoms with Gasteiger partial charge < -0.3 is 14.2 Å². The van der Waals surface area contributed by atoms with E-state index in [4.69, 9.17) is 26.8 Å². The number of nitrogens with zero attached hydrogens (tertiary/aromatic N) is 1. The first-order valence-electron chi connectivity index (χ1n) is 9.46. The third kappa shape index (κ3) is 4.50. The van der Waals surface area contributed by atoms with Crippen molar-refractivity contribution >= 4 is 53.1 Å². The fourth-order valence-corrected chi connectivity index (χ4v) is 5.62. The summed E-state index contributed by atoms with van der Waals surface area (Å²) in [7, 11) is 0. The molecule has 0 radical (unpaired) electrons. The van der Waals surface area contributed by atoms with Crippen molar-refractivity contribution in [2.24, 2.45) is 0 Å². The summed E-state index contributed by atoms with van der Waals surface area (Å²) in [6.07, 6.45) is -1.98. The molecular formula is C22H21NO6S2. The highest BCUT2D eigenvalue weighted by atomic mass is 32.2. The van der Waals surface area contributed by atoms with E-state index in [1.807, 2.05) is 6.07 Å². The van der Waals surface area contributed by atoms with Crippen LogP contribution in [-0.4, -0.2) is 40.5 Å². The fraction of sp³-hybridized carbons (Fsp3) is 0.364. The second kappa shape index (κ2) is 9.20. The molecule has 4 atom stereocenters. The summed E-state index contributed by atoms with van der Waals surface area (Å²) in [5.41, 5.74) is -0.529. The van der Waals surface area contributed by atoms with Gasteiger partial charge in [-0.2, -0.15) is 17.9 Å². The van der Waals surface area contributed by atoms with Crippen LogP contribution < -0.4 is 0 Å². The summed E-state index contributed by atoms with van der Waals surface area (Å²) in [6, 6.07) is 12.6. The minimum Gasteiger partial charge on any atom is -0.458 e. The van der Waals surface area contributed by atoms with Crippen molar-refractivity contribution in [2.75, 3.05) is 5.75 Å². The number of ether oxygens (including phenoxy) is 3. The minimum atomic E-state index is -1.54. The number of esters is 3. The molecule has 162 valence electrons. The molecule has 1 saturated heterocycles. The average molecular weight is 460 g/mol. The number of hydrogen-bond acceptors (Lipinski definition) is 9. The number of fused-ring (bicyclic) bond motifs is 1. The minimum absolute atomic E-state index is 0.304. The number of hydrogen-bond donors (Lipinski definition) is 1. The molecule has 1 heterocycles. The van der Waals surface area contributed by atoms with Gasteiger partial charge in [-0.15, -0.1) is 11.8 Å². The second-order valence-corrected chi connectivity index (χ2v) is 9.11. The molecule has 2 aromatic rings. The van der Waals surface area contributed by atoms with Crippen LogP contribution in [0.1, 0.15) is 31.9 Å². The zero-order valence-electron chi connectivity index (χ0n) is 17.2. The number of benzene rings is 2. The lowest BCUT2D eigenvalue weighted by Crippen LogP contribution is -2.60. The Morgan fingerprint density at radius 2 is 1.81 bits per heavy atom. The van der Waals surface area contributed by atoms with Crippen molar-refractivity contribution in [3.05, 3.63) is 47.5 Å². The van der Waals surface area contributed by atoms with Gasteiger partial charge in [-0.1, -0.05) is 24.3 Å². The first kappa shape index (κ1) is 23.0. The fourth-order valence-electron chi connectivity index (χ4n) is 3.85. The highest BCUT2D eigenvalue weighted by Crippen LogP contribution is 2.50. The van der Waals surface area contributed by atoms with Crippen LogP contribution in [0, 0.1) is 11.3 Å². The van der Waals surface area contributed by atoms with Crippen molar-refractivity contribution in [3.63, 3.8) is 0 Å². The Kier molecular flexibility index (Phi) is 6.82. The molecule has 0 amide bonds. The normalized spacial score (nSPS) is 25.3. The van der Waals surface area contributed by atoms with Crippen LogP contribution in [0.2, 0.25) is 0 Å². The van der Waals surface area contributed by atoms with E-state index in [2.05, 4.69) is 6.07 Å². The standard InChI is InChI=1S/C22H21NO6S2/c1-12(24)27-19-11-31-21(30)22(29-14(3)26,20(19)28-13(2)25)18-6-4-5-16-9-15(10-23)7-8-17(16)18/h4-9,19-21,30H,11H2,1-3H3/t19-,20+,21-,22-/m1/s1. The molecule has 3 rings (SSSR count). The van der Waals surface area contributed by atoms with Crippen LogP contribution in [0.15, 0.2) is 36.4 Å². The third-order valence-corrected chi connectivity index (χ3v) is 6.92. The summed E-state index contributed by atoms with van der Waals surface area (Å²) < 4.78 is 16.4. The van der Waals surface area contributed by atoms with Crippen molar-refractivity contribution < 1.29 is 28.6 Å². The van der Waals surface area contributed by atoms with Crippen LogP contribution in [0.5, 0.6) is 0 Å². The van der Waals surface area contributed by atoms with Crippen molar-refractivity contribution in [2.45, 2.75) is 43.2 Å². The third-order valence-electron chi connectivity index (χ3n) is 4.90. The second-order valence-electron chi connectivity index (χ2n) is 7.10. The van der Waals surface area contributed by atoms with Gasteiger partial charge in [0, 0.05) is 32.1 Å². The number of thiol groups is 1. The van der Waals surface area contributed by atoms with Gasteiger partial charge in [0.1, 0.15) is 0 Å². The molecular weight excluding hydrogens is 438 g/mol. The Morgan fingerprint density at radius 1 is 1.10 bits per heavy atom. The molecule has 2 aromatic carbocycles. The van der Waals surface area contributed by atoms with Gasteiger partial charge in [-0.25, -0.2) is 0 Å². The molecule has 1 aliphatic heterocycles. The zero-order valence-corrected chi connectivity index (χ0v) is 18.9.